The van der Waals surface area contributed by atoms with E-state index in [1.54, 1.807) is 0 Å². The maximum absolute atomic E-state index is 13.1. The lowest BCUT2D eigenvalue weighted by atomic mass is 9.54. The van der Waals surface area contributed by atoms with Crippen LogP contribution in [0.5, 0.6) is 0 Å². The van der Waals surface area contributed by atoms with Crippen molar-refractivity contribution >= 4 is 11.9 Å². The van der Waals surface area contributed by atoms with E-state index in [9.17, 15) is 14.7 Å². The van der Waals surface area contributed by atoms with E-state index in [2.05, 4.69) is 17.4 Å². The van der Waals surface area contributed by atoms with Gasteiger partial charge in [0.15, 0.2) is 0 Å². The smallest absolute Gasteiger partial charge is 0.308 e. The molecule has 2 N–H and O–H groups in total. The highest BCUT2D eigenvalue weighted by Gasteiger charge is 2.55. The van der Waals surface area contributed by atoms with Crippen molar-refractivity contribution < 1.29 is 14.7 Å². The zero-order chi connectivity index (χ0) is 17.8. The van der Waals surface area contributed by atoms with E-state index in [1.165, 1.54) is 0 Å². The van der Waals surface area contributed by atoms with Gasteiger partial charge < -0.3 is 10.4 Å². The van der Waals surface area contributed by atoms with Gasteiger partial charge in [0, 0.05) is 18.4 Å². The van der Waals surface area contributed by atoms with Crippen molar-refractivity contribution in [2.75, 3.05) is 6.54 Å². The molecule has 4 heteroatoms. The largest absolute Gasteiger partial charge is 0.481 e. The average molecular weight is 347 g/mol. The Morgan fingerprint density at radius 3 is 1.73 bits per heavy atom. The number of carboxylic acids is 1. The third-order valence-corrected chi connectivity index (χ3v) is 6.29. The van der Waals surface area contributed by atoms with Gasteiger partial charge in [-0.25, -0.2) is 0 Å². The van der Waals surface area contributed by atoms with Gasteiger partial charge in [-0.05, 0) is 41.0 Å². The van der Waals surface area contributed by atoms with Gasteiger partial charge in [-0.3, -0.25) is 9.59 Å². The first kappa shape index (κ1) is 15.6. The fraction of sp³-hybridized carbons (Fsp3) is 0.364. The summed E-state index contributed by atoms with van der Waals surface area (Å²) in [6.07, 6.45) is 2.32. The van der Waals surface area contributed by atoms with Gasteiger partial charge in [-0.1, -0.05) is 48.5 Å². The van der Waals surface area contributed by atoms with E-state index < -0.39 is 17.8 Å². The molecule has 2 bridgehead atoms. The number of hydrogen-bond acceptors (Lipinski definition) is 2. The zero-order valence-corrected chi connectivity index (χ0v) is 14.4. The van der Waals surface area contributed by atoms with Crippen LogP contribution in [0.2, 0.25) is 0 Å². The summed E-state index contributed by atoms with van der Waals surface area (Å²) in [5, 5.41) is 13.1. The summed E-state index contributed by atoms with van der Waals surface area (Å²) in [5.41, 5.74) is 4.35. The summed E-state index contributed by atoms with van der Waals surface area (Å²) in [7, 11) is 0. The minimum atomic E-state index is -0.879. The van der Waals surface area contributed by atoms with Crippen LogP contribution in [0.3, 0.4) is 0 Å². The first-order valence-corrected chi connectivity index (χ1v) is 9.35. The standard InChI is InChI=1S/C22H21NO3/c24-21(23-11-12-9-10-12)19-17-13-5-1-3-7-15(13)18(20(19)22(25)26)16-8-4-2-6-14(16)17/h1-8,12,17-20H,9-11H2,(H,23,24)(H,25,26)/t17?,18?,19-,20-/m1/s1. The Hall–Kier alpha value is -2.62. The van der Waals surface area contributed by atoms with Crippen LogP contribution < -0.4 is 5.32 Å². The molecule has 0 spiro atoms. The number of hydrogen-bond donors (Lipinski definition) is 2. The topological polar surface area (TPSA) is 66.4 Å². The SMILES string of the molecule is O=C(O)[C@@H]1C2c3ccccc3C(c3ccccc32)[C@H]1C(=O)NCC1CC1. The summed E-state index contributed by atoms with van der Waals surface area (Å²) in [6, 6.07) is 16.1. The lowest BCUT2D eigenvalue weighted by molar-refractivity contribution is -0.149. The summed E-state index contributed by atoms with van der Waals surface area (Å²) in [6.45, 7) is 0.669. The first-order valence-electron chi connectivity index (χ1n) is 9.35. The molecule has 1 fully saturated rings. The minimum absolute atomic E-state index is 0.108. The van der Waals surface area contributed by atoms with Crippen LogP contribution in [0.1, 0.15) is 46.9 Å². The molecule has 0 radical (unpaired) electrons. The molecule has 0 unspecified atom stereocenters. The monoisotopic (exact) mass is 347 g/mol. The van der Waals surface area contributed by atoms with Crippen LogP contribution in [0, 0.1) is 17.8 Å². The van der Waals surface area contributed by atoms with Gasteiger partial charge in [0.25, 0.3) is 0 Å². The van der Waals surface area contributed by atoms with Crippen LogP contribution in [0.4, 0.5) is 0 Å². The van der Waals surface area contributed by atoms with Gasteiger partial charge in [-0.2, -0.15) is 0 Å². The van der Waals surface area contributed by atoms with Crippen molar-refractivity contribution in [2.45, 2.75) is 24.7 Å². The second kappa shape index (κ2) is 5.70. The Labute approximate surface area is 152 Å². The van der Waals surface area contributed by atoms with Crippen molar-refractivity contribution in [3.8, 4) is 0 Å². The molecule has 6 rings (SSSR count). The van der Waals surface area contributed by atoms with E-state index in [4.69, 9.17) is 0 Å². The van der Waals surface area contributed by atoms with Gasteiger partial charge in [0.05, 0.1) is 11.8 Å². The predicted octanol–water partition coefficient (Wildman–Crippen LogP) is 3.12. The summed E-state index contributed by atoms with van der Waals surface area (Å²) in [5.74, 6) is -2.14. The van der Waals surface area contributed by atoms with E-state index in [-0.39, 0.29) is 17.7 Å². The second-order valence-corrected chi connectivity index (χ2v) is 7.79. The molecule has 0 saturated heterocycles. The number of carbonyl (C=O) groups excluding carboxylic acids is 1. The molecular weight excluding hydrogens is 326 g/mol. The molecule has 4 aliphatic rings. The van der Waals surface area contributed by atoms with E-state index in [0.717, 1.165) is 35.1 Å². The molecule has 2 atom stereocenters. The van der Waals surface area contributed by atoms with Crippen LogP contribution in [-0.2, 0) is 9.59 Å². The zero-order valence-electron chi connectivity index (χ0n) is 14.4. The van der Waals surface area contributed by atoms with Crippen molar-refractivity contribution in [1.82, 2.24) is 5.32 Å². The van der Waals surface area contributed by atoms with Gasteiger partial charge in [0.2, 0.25) is 5.91 Å². The average Bonchev–Trinajstić information content (AvgIpc) is 3.50. The molecule has 2 aromatic rings. The highest BCUT2D eigenvalue weighted by Crippen LogP contribution is 2.58. The third-order valence-electron chi connectivity index (χ3n) is 6.29. The Morgan fingerprint density at radius 1 is 0.846 bits per heavy atom. The third kappa shape index (κ3) is 2.21. The van der Waals surface area contributed by atoms with E-state index in [1.807, 2.05) is 36.4 Å². The number of carbonyl (C=O) groups is 2. The fourth-order valence-electron chi connectivity index (χ4n) is 4.97. The van der Waals surface area contributed by atoms with Gasteiger partial charge in [0.1, 0.15) is 0 Å². The van der Waals surface area contributed by atoms with Crippen LogP contribution in [-0.4, -0.2) is 23.5 Å². The lowest BCUT2D eigenvalue weighted by Crippen LogP contribution is -2.50. The quantitative estimate of drug-likeness (QED) is 0.893. The fourth-order valence-corrected chi connectivity index (χ4v) is 4.97. The van der Waals surface area contributed by atoms with Crippen LogP contribution >= 0.6 is 0 Å². The number of carboxylic acid groups (broad SMARTS) is 1. The summed E-state index contributed by atoms with van der Waals surface area (Å²) >= 11 is 0. The van der Waals surface area contributed by atoms with Crippen LogP contribution in [0.25, 0.3) is 0 Å². The Kier molecular flexibility index (Phi) is 3.42. The van der Waals surface area contributed by atoms with Crippen molar-refractivity contribution in [1.29, 1.82) is 0 Å². The highest BCUT2D eigenvalue weighted by molar-refractivity contribution is 5.89. The second-order valence-electron chi connectivity index (χ2n) is 7.79. The molecule has 1 amide bonds. The molecule has 26 heavy (non-hydrogen) atoms. The number of aliphatic carboxylic acids is 1. The number of nitrogens with one attached hydrogen (secondary N) is 1. The highest BCUT2D eigenvalue weighted by atomic mass is 16.4. The van der Waals surface area contributed by atoms with Crippen LogP contribution in [0.15, 0.2) is 48.5 Å². The molecule has 0 aliphatic heterocycles. The molecular formula is C22H21NO3. The minimum Gasteiger partial charge on any atom is -0.481 e. The normalized spacial score (nSPS) is 28.2. The van der Waals surface area contributed by atoms with E-state index >= 15 is 0 Å². The Balaban J connectivity index is 1.65. The maximum atomic E-state index is 13.1. The molecule has 4 nitrogen and oxygen atoms in total. The first-order chi connectivity index (χ1) is 12.7. The van der Waals surface area contributed by atoms with Crippen molar-refractivity contribution in [3.05, 3.63) is 70.8 Å². The van der Waals surface area contributed by atoms with Gasteiger partial charge in [-0.15, -0.1) is 0 Å². The molecule has 1 saturated carbocycles. The Bertz CT molecular complexity index is 854. The van der Waals surface area contributed by atoms with E-state index in [0.29, 0.717) is 12.5 Å². The molecule has 0 aromatic heterocycles. The molecule has 132 valence electrons. The predicted molar refractivity (Wildman–Crippen MR) is 96.9 cm³/mol. The summed E-state index contributed by atoms with van der Waals surface area (Å²) in [4.78, 5) is 25.3. The lowest BCUT2D eigenvalue weighted by Gasteiger charge is -2.48. The number of benzene rings is 2. The van der Waals surface area contributed by atoms with Crippen molar-refractivity contribution in [3.63, 3.8) is 0 Å². The van der Waals surface area contributed by atoms with Crippen molar-refractivity contribution in [2.24, 2.45) is 17.8 Å². The number of amides is 1. The molecule has 2 aromatic carbocycles. The van der Waals surface area contributed by atoms with Gasteiger partial charge >= 0.3 is 5.97 Å². The molecule has 0 heterocycles. The summed E-state index contributed by atoms with van der Waals surface area (Å²) < 4.78 is 0. The number of rotatable bonds is 4. The number of fused-ring (bicyclic) bond motifs is 1. The maximum Gasteiger partial charge on any atom is 0.308 e. The Morgan fingerprint density at radius 2 is 1.31 bits per heavy atom. The molecule has 4 aliphatic carbocycles.